The highest BCUT2D eigenvalue weighted by Gasteiger charge is 2.48. The van der Waals surface area contributed by atoms with Crippen LogP contribution < -0.4 is 0 Å². The fraction of sp³-hybridized carbons (Fsp3) is 0.500. The number of aromatic amines is 1. The Bertz CT molecular complexity index is 737. The second-order valence-corrected chi connectivity index (χ2v) is 7.92. The van der Waals surface area contributed by atoms with Gasteiger partial charge in [0.05, 0.1) is 22.7 Å². The molecule has 2 atom stereocenters. The second-order valence-electron chi connectivity index (χ2n) is 6.95. The van der Waals surface area contributed by atoms with Gasteiger partial charge in [-0.3, -0.25) is 9.59 Å². The third kappa shape index (κ3) is 3.48. The summed E-state index contributed by atoms with van der Waals surface area (Å²) in [6.45, 7) is 5.87. The fourth-order valence-electron chi connectivity index (χ4n) is 3.10. The number of carbonyl (C=O) groups is 2. The zero-order chi connectivity index (χ0) is 17.3. The van der Waals surface area contributed by atoms with Gasteiger partial charge in [0.25, 0.3) is 0 Å². The Morgan fingerprint density at radius 3 is 2.92 bits per heavy atom. The van der Waals surface area contributed by atoms with Gasteiger partial charge in [0.15, 0.2) is 16.5 Å². The first-order valence-electron chi connectivity index (χ1n) is 8.21. The van der Waals surface area contributed by atoms with Gasteiger partial charge in [-0.15, -0.1) is 0 Å². The van der Waals surface area contributed by atoms with Gasteiger partial charge in [-0.05, 0) is 31.4 Å². The summed E-state index contributed by atoms with van der Waals surface area (Å²) in [5.41, 5.74) is 0.821. The summed E-state index contributed by atoms with van der Waals surface area (Å²) in [4.78, 5) is 32.3. The number of hydrogen-bond acceptors (Lipinski definition) is 5. The topological polar surface area (TPSA) is 72.1 Å². The number of para-hydroxylation sites is 2. The molecule has 1 aromatic carbocycles. The van der Waals surface area contributed by atoms with Crippen LogP contribution in [0.25, 0.3) is 11.0 Å². The molecule has 128 valence electrons. The number of hydrogen-bond donors (Lipinski definition) is 1. The van der Waals surface area contributed by atoms with Crippen molar-refractivity contribution in [1.82, 2.24) is 9.97 Å². The van der Waals surface area contributed by atoms with Crippen LogP contribution in [0.4, 0.5) is 0 Å². The molecule has 0 aliphatic carbocycles. The number of ether oxygens (including phenoxy) is 1. The van der Waals surface area contributed by atoms with E-state index in [9.17, 15) is 9.59 Å². The summed E-state index contributed by atoms with van der Waals surface area (Å²) < 4.78 is 5.44. The predicted molar refractivity (Wildman–Crippen MR) is 93.9 cm³/mol. The predicted octanol–water partition coefficient (Wildman–Crippen LogP) is 3.59. The fourth-order valence-corrected chi connectivity index (χ4v) is 4.02. The van der Waals surface area contributed by atoms with Crippen molar-refractivity contribution < 1.29 is 14.3 Å². The van der Waals surface area contributed by atoms with Crippen LogP contribution in [-0.2, 0) is 14.3 Å². The van der Waals surface area contributed by atoms with Crippen LogP contribution >= 0.6 is 11.8 Å². The SMILES string of the molecule is CC(C)CC1CC(C)(C(=O)CSc2nc3ccccc3[nH]2)OC1=O. The lowest BCUT2D eigenvalue weighted by molar-refractivity contribution is -0.156. The van der Waals surface area contributed by atoms with Gasteiger partial charge in [-0.1, -0.05) is 37.7 Å². The molecule has 0 amide bonds. The largest absolute Gasteiger partial charge is 0.451 e. The Balaban J connectivity index is 1.63. The number of H-pyrrole nitrogens is 1. The molecule has 2 heterocycles. The van der Waals surface area contributed by atoms with E-state index < -0.39 is 5.60 Å². The van der Waals surface area contributed by atoms with Crippen molar-refractivity contribution in [1.29, 1.82) is 0 Å². The lowest BCUT2D eigenvalue weighted by Crippen LogP contribution is -2.36. The average molecular weight is 346 g/mol. The van der Waals surface area contributed by atoms with Crippen molar-refractivity contribution in [3.05, 3.63) is 24.3 Å². The maximum absolute atomic E-state index is 12.6. The molecule has 24 heavy (non-hydrogen) atoms. The molecule has 1 saturated heterocycles. The number of imidazole rings is 1. The third-order valence-electron chi connectivity index (χ3n) is 4.35. The number of nitrogens with one attached hydrogen (secondary N) is 1. The number of ketones is 1. The first-order valence-corrected chi connectivity index (χ1v) is 9.19. The van der Waals surface area contributed by atoms with Crippen LogP contribution in [-0.4, -0.2) is 33.1 Å². The zero-order valence-electron chi connectivity index (χ0n) is 14.2. The molecule has 2 aromatic rings. The summed E-state index contributed by atoms with van der Waals surface area (Å²) in [7, 11) is 0. The van der Waals surface area contributed by atoms with E-state index in [4.69, 9.17) is 4.74 Å². The van der Waals surface area contributed by atoms with Gasteiger partial charge in [0.1, 0.15) is 0 Å². The van der Waals surface area contributed by atoms with Crippen LogP contribution in [0.1, 0.15) is 33.6 Å². The summed E-state index contributed by atoms with van der Waals surface area (Å²) in [5, 5.41) is 0.705. The number of Topliss-reactive ketones (excluding diaryl/α,β-unsaturated/α-hetero) is 1. The van der Waals surface area contributed by atoms with Gasteiger partial charge >= 0.3 is 5.97 Å². The number of fused-ring (bicyclic) bond motifs is 1. The van der Waals surface area contributed by atoms with E-state index in [-0.39, 0.29) is 23.4 Å². The van der Waals surface area contributed by atoms with Crippen molar-refractivity contribution in [3.8, 4) is 0 Å². The third-order valence-corrected chi connectivity index (χ3v) is 5.22. The van der Waals surface area contributed by atoms with Crippen molar-refractivity contribution >= 4 is 34.5 Å². The van der Waals surface area contributed by atoms with Crippen molar-refractivity contribution in [2.75, 3.05) is 5.75 Å². The zero-order valence-corrected chi connectivity index (χ0v) is 15.0. The number of esters is 1. The standard InChI is InChI=1S/C18H22N2O3S/c1-11(2)8-12-9-18(3,23-16(12)22)15(21)10-24-17-19-13-6-4-5-7-14(13)20-17/h4-7,11-12H,8-10H2,1-3H3,(H,19,20). The van der Waals surface area contributed by atoms with Gasteiger partial charge in [0.2, 0.25) is 0 Å². The second kappa shape index (κ2) is 6.59. The van der Waals surface area contributed by atoms with E-state index in [1.807, 2.05) is 24.3 Å². The van der Waals surface area contributed by atoms with Crippen LogP contribution in [0.5, 0.6) is 0 Å². The minimum absolute atomic E-state index is 0.0624. The summed E-state index contributed by atoms with van der Waals surface area (Å²) in [5.74, 6) is 0.166. The molecule has 0 saturated carbocycles. The van der Waals surface area contributed by atoms with Crippen LogP contribution in [0.15, 0.2) is 29.4 Å². The van der Waals surface area contributed by atoms with E-state index in [1.54, 1.807) is 6.92 Å². The van der Waals surface area contributed by atoms with E-state index >= 15 is 0 Å². The average Bonchev–Trinajstić information content (AvgIpc) is 3.05. The Morgan fingerprint density at radius 1 is 1.46 bits per heavy atom. The molecule has 0 radical (unpaired) electrons. The van der Waals surface area contributed by atoms with E-state index in [2.05, 4.69) is 23.8 Å². The molecular weight excluding hydrogens is 324 g/mol. The molecule has 2 unspecified atom stereocenters. The number of thioether (sulfide) groups is 1. The Morgan fingerprint density at radius 2 is 2.21 bits per heavy atom. The normalized spacial score (nSPS) is 23.8. The van der Waals surface area contributed by atoms with Crippen LogP contribution in [0.2, 0.25) is 0 Å². The molecule has 1 aliphatic heterocycles. The molecule has 0 spiro atoms. The van der Waals surface area contributed by atoms with E-state index in [0.717, 1.165) is 17.5 Å². The molecule has 1 aliphatic rings. The van der Waals surface area contributed by atoms with Crippen LogP contribution in [0.3, 0.4) is 0 Å². The number of cyclic esters (lactones) is 1. The highest BCUT2D eigenvalue weighted by molar-refractivity contribution is 7.99. The minimum atomic E-state index is -1.00. The van der Waals surface area contributed by atoms with E-state index in [1.165, 1.54) is 11.8 Å². The summed E-state index contributed by atoms with van der Waals surface area (Å²) in [6, 6.07) is 7.74. The highest BCUT2D eigenvalue weighted by atomic mass is 32.2. The lowest BCUT2D eigenvalue weighted by Gasteiger charge is -2.20. The van der Waals surface area contributed by atoms with E-state index in [0.29, 0.717) is 17.5 Å². The number of nitrogens with zero attached hydrogens (tertiary/aromatic N) is 1. The highest BCUT2D eigenvalue weighted by Crippen LogP contribution is 2.36. The molecule has 6 heteroatoms. The number of carbonyl (C=O) groups excluding carboxylic acids is 2. The molecule has 1 aromatic heterocycles. The van der Waals surface area contributed by atoms with Gasteiger partial charge in [-0.25, -0.2) is 4.98 Å². The lowest BCUT2D eigenvalue weighted by atomic mass is 9.88. The van der Waals surface area contributed by atoms with Gasteiger partial charge in [0, 0.05) is 6.42 Å². The Labute approximate surface area is 145 Å². The molecule has 0 bridgehead atoms. The number of rotatable bonds is 6. The van der Waals surface area contributed by atoms with Gasteiger partial charge < -0.3 is 9.72 Å². The van der Waals surface area contributed by atoms with Crippen LogP contribution in [0, 0.1) is 11.8 Å². The maximum Gasteiger partial charge on any atom is 0.310 e. The van der Waals surface area contributed by atoms with Crippen molar-refractivity contribution in [3.63, 3.8) is 0 Å². The molecule has 3 rings (SSSR count). The Hall–Kier alpha value is -1.82. The number of benzene rings is 1. The number of aromatic nitrogens is 2. The molecule has 5 nitrogen and oxygen atoms in total. The summed E-state index contributed by atoms with van der Waals surface area (Å²) in [6.07, 6.45) is 1.24. The van der Waals surface area contributed by atoms with Gasteiger partial charge in [-0.2, -0.15) is 0 Å². The minimum Gasteiger partial charge on any atom is -0.451 e. The molecule has 1 fully saturated rings. The Kier molecular flexibility index (Phi) is 4.67. The molecule has 1 N–H and O–H groups in total. The molecular formula is C18H22N2O3S. The monoisotopic (exact) mass is 346 g/mol. The van der Waals surface area contributed by atoms with Crippen molar-refractivity contribution in [2.45, 2.75) is 44.4 Å². The quantitative estimate of drug-likeness (QED) is 0.639. The smallest absolute Gasteiger partial charge is 0.310 e. The summed E-state index contributed by atoms with van der Waals surface area (Å²) >= 11 is 1.35. The first-order chi connectivity index (χ1) is 11.4. The van der Waals surface area contributed by atoms with Crippen molar-refractivity contribution in [2.24, 2.45) is 11.8 Å². The maximum atomic E-state index is 12.6. The first kappa shape index (κ1) is 17.0.